The molecule has 1 aliphatic heterocycles. The van der Waals surface area contributed by atoms with Crippen molar-refractivity contribution in [2.75, 3.05) is 44.2 Å². The Hall–Kier alpha value is -2.48. The first kappa shape index (κ1) is 17.3. The minimum Gasteiger partial charge on any atom is -0.355 e. The van der Waals surface area contributed by atoms with Crippen LogP contribution in [-0.2, 0) is 11.2 Å². The molecule has 1 saturated heterocycles. The van der Waals surface area contributed by atoms with Gasteiger partial charge in [0.2, 0.25) is 11.8 Å². The van der Waals surface area contributed by atoms with E-state index in [1.54, 1.807) is 6.92 Å². The molecule has 0 spiro atoms. The van der Waals surface area contributed by atoms with E-state index in [0.717, 1.165) is 38.4 Å². The number of aryl methyl sites for hydroxylation is 2. The number of rotatable bonds is 7. The zero-order valence-corrected chi connectivity index (χ0v) is 14.5. The lowest BCUT2D eigenvalue weighted by Gasteiger charge is -2.34. The summed E-state index contributed by atoms with van der Waals surface area (Å²) in [5.41, 5.74) is 0. The molecule has 0 radical (unpaired) electrons. The number of anilines is 1. The van der Waals surface area contributed by atoms with Crippen LogP contribution in [-0.4, -0.2) is 65.2 Å². The minimum atomic E-state index is 0.0630. The third-order valence-electron chi connectivity index (χ3n) is 4.17. The molecule has 2 aromatic heterocycles. The number of carbonyl (C=O) groups excluding carboxylic acids is 1. The molecule has 1 amide bonds. The third kappa shape index (κ3) is 5.25. The second-order valence-electron chi connectivity index (χ2n) is 6.14. The molecule has 0 atom stereocenters. The highest BCUT2D eigenvalue weighted by molar-refractivity contribution is 5.78. The Morgan fingerprint density at radius 1 is 1.28 bits per heavy atom. The zero-order chi connectivity index (χ0) is 17.5. The monoisotopic (exact) mass is 344 g/mol. The lowest BCUT2D eigenvalue weighted by atomic mass is 10.3. The maximum Gasteiger partial charge on any atom is 0.234 e. The number of piperazine rings is 1. The van der Waals surface area contributed by atoms with Crippen molar-refractivity contribution in [1.82, 2.24) is 25.3 Å². The van der Waals surface area contributed by atoms with Gasteiger partial charge in [-0.2, -0.15) is 4.98 Å². The maximum atomic E-state index is 12.0. The van der Waals surface area contributed by atoms with Gasteiger partial charge in [0.15, 0.2) is 5.82 Å². The predicted octanol–water partition coefficient (Wildman–Crippen LogP) is 0.644. The van der Waals surface area contributed by atoms with E-state index in [2.05, 4.69) is 30.2 Å². The van der Waals surface area contributed by atoms with Gasteiger partial charge in [0, 0.05) is 45.3 Å². The molecule has 0 aromatic carbocycles. The van der Waals surface area contributed by atoms with Crippen LogP contribution in [0.4, 0.5) is 5.82 Å². The molecule has 0 unspecified atom stereocenters. The van der Waals surface area contributed by atoms with Crippen molar-refractivity contribution in [2.24, 2.45) is 0 Å². The SMILES string of the molecule is Cc1noc(CCCNC(=O)CN2CCN(c3ccccn3)CC2)n1. The predicted molar refractivity (Wildman–Crippen MR) is 93.3 cm³/mol. The molecule has 1 fully saturated rings. The van der Waals surface area contributed by atoms with Gasteiger partial charge in [0.1, 0.15) is 5.82 Å². The highest BCUT2D eigenvalue weighted by Crippen LogP contribution is 2.12. The highest BCUT2D eigenvalue weighted by Gasteiger charge is 2.19. The summed E-state index contributed by atoms with van der Waals surface area (Å²) < 4.78 is 5.05. The summed E-state index contributed by atoms with van der Waals surface area (Å²) in [4.78, 5) is 25.0. The maximum absolute atomic E-state index is 12.0. The first-order valence-corrected chi connectivity index (χ1v) is 8.65. The van der Waals surface area contributed by atoms with E-state index in [0.29, 0.717) is 31.2 Å². The van der Waals surface area contributed by atoms with Crippen LogP contribution in [0.15, 0.2) is 28.9 Å². The number of carbonyl (C=O) groups is 1. The Labute approximate surface area is 147 Å². The first-order chi connectivity index (χ1) is 12.2. The van der Waals surface area contributed by atoms with Gasteiger partial charge in [-0.15, -0.1) is 0 Å². The molecule has 8 nitrogen and oxygen atoms in total. The number of aromatic nitrogens is 3. The summed E-state index contributed by atoms with van der Waals surface area (Å²) >= 11 is 0. The van der Waals surface area contributed by atoms with Crippen molar-refractivity contribution in [3.05, 3.63) is 36.1 Å². The number of hydrogen-bond acceptors (Lipinski definition) is 7. The van der Waals surface area contributed by atoms with Crippen molar-refractivity contribution in [1.29, 1.82) is 0 Å². The van der Waals surface area contributed by atoms with E-state index in [4.69, 9.17) is 4.52 Å². The van der Waals surface area contributed by atoms with Gasteiger partial charge in [0.05, 0.1) is 6.54 Å². The van der Waals surface area contributed by atoms with Gasteiger partial charge in [-0.25, -0.2) is 4.98 Å². The lowest BCUT2D eigenvalue weighted by molar-refractivity contribution is -0.122. The molecule has 1 N–H and O–H groups in total. The van der Waals surface area contributed by atoms with Gasteiger partial charge in [-0.05, 0) is 25.5 Å². The molecule has 25 heavy (non-hydrogen) atoms. The number of pyridine rings is 1. The van der Waals surface area contributed by atoms with Crippen LogP contribution >= 0.6 is 0 Å². The van der Waals surface area contributed by atoms with Crippen LogP contribution in [0.3, 0.4) is 0 Å². The van der Waals surface area contributed by atoms with Gasteiger partial charge >= 0.3 is 0 Å². The Kier molecular flexibility index (Phi) is 5.95. The van der Waals surface area contributed by atoms with Crippen molar-refractivity contribution >= 4 is 11.7 Å². The number of nitrogens with zero attached hydrogens (tertiary/aromatic N) is 5. The zero-order valence-electron chi connectivity index (χ0n) is 14.5. The molecular formula is C17H24N6O2. The molecule has 134 valence electrons. The smallest absolute Gasteiger partial charge is 0.234 e. The quantitative estimate of drug-likeness (QED) is 0.738. The molecular weight excluding hydrogens is 320 g/mol. The van der Waals surface area contributed by atoms with Gasteiger partial charge in [-0.1, -0.05) is 11.2 Å². The van der Waals surface area contributed by atoms with Crippen molar-refractivity contribution in [3.63, 3.8) is 0 Å². The van der Waals surface area contributed by atoms with Gasteiger partial charge in [0.25, 0.3) is 0 Å². The molecule has 0 saturated carbocycles. The largest absolute Gasteiger partial charge is 0.355 e. The second-order valence-corrected chi connectivity index (χ2v) is 6.14. The molecule has 8 heteroatoms. The van der Waals surface area contributed by atoms with E-state index >= 15 is 0 Å². The number of hydrogen-bond donors (Lipinski definition) is 1. The molecule has 0 aliphatic carbocycles. The van der Waals surface area contributed by atoms with Crippen LogP contribution in [0, 0.1) is 6.92 Å². The molecule has 1 aliphatic rings. The highest BCUT2D eigenvalue weighted by atomic mass is 16.5. The summed E-state index contributed by atoms with van der Waals surface area (Å²) in [6.45, 7) is 6.37. The fourth-order valence-electron chi connectivity index (χ4n) is 2.84. The summed E-state index contributed by atoms with van der Waals surface area (Å²) in [6, 6.07) is 5.94. The fourth-order valence-corrected chi connectivity index (χ4v) is 2.84. The summed E-state index contributed by atoms with van der Waals surface area (Å²) in [5, 5.41) is 6.70. The van der Waals surface area contributed by atoms with Crippen molar-refractivity contribution < 1.29 is 9.32 Å². The second kappa shape index (κ2) is 8.57. The minimum absolute atomic E-state index is 0.0630. The number of nitrogens with one attached hydrogen (secondary N) is 1. The van der Waals surface area contributed by atoms with E-state index in [1.165, 1.54) is 0 Å². The number of amides is 1. The van der Waals surface area contributed by atoms with E-state index in [1.807, 2.05) is 24.4 Å². The van der Waals surface area contributed by atoms with Crippen LogP contribution in [0.5, 0.6) is 0 Å². The van der Waals surface area contributed by atoms with Crippen LogP contribution in [0.25, 0.3) is 0 Å². The van der Waals surface area contributed by atoms with E-state index < -0.39 is 0 Å². The first-order valence-electron chi connectivity index (χ1n) is 8.65. The molecule has 2 aromatic rings. The Bertz CT molecular complexity index is 667. The van der Waals surface area contributed by atoms with Crippen molar-refractivity contribution in [3.8, 4) is 0 Å². The molecule has 0 bridgehead atoms. The summed E-state index contributed by atoms with van der Waals surface area (Å²) in [6.07, 6.45) is 3.29. The van der Waals surface area contributed by atoms with Crippen LogP contribution < -0.4 is 10.2 Å². The third-order valence-corrected chi connectivity index (χ3v) is 4.17. The standard InChI is InChI=1S/C17H24N6O2/c1-14-20-17(25-21-14)6-4-8-19-16(24)13-22-9-11-23(12-10-22)15-5-2-3-7-18-15/h2-3,5,7H,4,6,8-13H2,1H3,(H,19,24). The molecule has 3 heterocycles. The lowest BCUT2D eigenvalue weighted by Crippen LogP contribution is -2.49. The van der Waals surface area contributed by atoms with Gasteiger partial charge in [-0.3, -0.25) is 9.69 Å². The Balaban J connectivity index is 1.31. The summed E-state index contributed by atoms with van der Waals surface area (Å²) in [5.74, 6) is 2.33. The van der Waals surface area contributed by atoms with Crippen molar-refractivity contribution in [2.45, 2.75) is 19.8 Å². The summed E-state index contributed by atoms with van der Waals surface area (Å²) in [7, 11) is 0. The van der Waals surface area contributed by atoms with E-state index in [-0.39, 0.29) is 5.91 Å². The fraction of sp³-hybridized carbons (Fsp3) is 0.529. The Morgan fingerprint density at radius 3 is 2.80 bits per heavy atom. The average Bonchev–Trinajstić information content (AvgIpc) is 3.05. The molecule has 3 rings (SSSR count). The topological polar surface area (TPSA) is 87.4 Å². The van der Waals surface area contributed by atoms with Gasteiger partial charge < -0.3 is 14.7 Å². The Morgan fingerprint density at radius 2 is 2.12 bits per heavy atom. The van der Waals surface area contributed by atoms with Crippen LogP contribution in [0.1, 0.15) is 18.1 Å². The average molecular weight is 344 g/mol. The van der Waals surface area contributed by atoms with E-state index in [9.17, 15) is 4.79 Å². The van der Waals surface area contributed by atoms with Crippen LogP contribution in [0.2, 0.25) is 0 Å². The normalized spacial score (nSPS) is 15.3.